The van der Waals surface area contributed by atoms with Crippen LogP contribution in [0, 0.1) is 0 Å². The molecular formula is C5F14OSi. The van der Waals surface area contributed by atoms with Crippen molar-refractivity contribution < 1.29 is 65.3 Å². The fourth-order valence-corrected chi connectivity index (χ4v) is 1.72. The van der Waals surface area contributed by atoms with Gasteiger partial charge >= 0.3 is 38.9 Å². The molecule has 0 amide bonds. The van der Waals surface area contributed by atoms with Crippen LogP contribution in [0.15, 0.2) is 0 Å². The fourth-order valence-electron chi connectivity index (χ4n) is 0.644. The molecule has 0 heterocycles. The first-order valence-corrected chi connectivity index (χ1v) is 5.72. The highest BCUT2D eigenvalue weighted by Gasteiger charge is 2.88. The summed E-state index contributed by atoms with van der Waals surface area (Å²) in [6, 6.07) is 0. The molecule has 16 heteroatoms. The van der Waals surface area contributed by atoms with Crippen molar-refractivity contribution in [2.75, 3.05) is 0 Å². The first kappa shape index (κ1) is 20.2. The Morgan fingerprint density at radius 3 is 1.14 bits per heavy atom. The summed E-state index contributed by atoms with van der Waals surface area (Å²) in [7, 11) is -9.19. The zero-order valence-corrected chi connectivity index (χ0v) is 9.70. The molecule has 0 unspecified atom stereocenters. The molecule has 21 heavy (non-hydrogen) atoms. The van der Waals surface area contributed by atoms with E-state index < -0.39 is 38.9 Å². The topological polar surface area (TPSA) is 9.23 Å². The Labute approximate surface area is 105 Å². The van der Waals surface area contributed by atoms with E-state index in [4.69, 9.17) is 0 Å². The summed E-state index contributed by atoms with van der Waals surface area (Å²) in [4.78, 5) is 0. The van der Waals surface area contributed by atoms with Gasteiger partial charge in [0.2, 0.25) is 0 Å². The third-order valence-electron chi connectivity index (χ3n) is 1.70. The first-order chi connectivity index (χ1) is 8.71. The summed E-state index contributed by atoms with van der Waals surface area (Å²) in [6.07, 6.45) is -21.4. The van der Waals surface area contributed by atoms with Crippen LogP contribution in [0.5, 0.6) is 0 Å². The van der Waals surface area contributed by atoms with Crippen molar-refractivity contribution in [3.63, 3.8) is 0 Å². The second-order valence-corrected chi connectivity index (χ2v) is 5.15. The van der Waals surface area contributed by atoms with Crippen LogP contribution in [0.25, 0.3) is 0 Å². The lowest BCUT2D eigenvalue weighted by atomic mass is 10.3. The van der Waals surface area contributed by atoms with Gasteiger partial charge in [-0.15, -0.1) is 0 Å². The van der Waals surface area contributed by atoms with Gasteiger partial charge in [-0.25, -0.2) is 8.22 Å². The Hall–Kier alpha value is -0.803. The standard InChI is InChI=1S/C5F14OSi/c6-1(7,2(8,9)10)5(16,17)21(18,19)20-4(14,15)3(11,12)13. The second kappa shape index (κ2) is 4.85. The second-order valence-electron chi connectivity index (χ2n) is 3.28. The van der Waals surface area contributed by atoms with Crippen molar-refractivity contribution in [2.45, 2.75) is 29.9 Å². The molecule has 0 spiro atoms. The average molecular weight is 370 g/mol. The van der Waals surface area contributed by atoms with Crippen LogP contribution < -0.4 is 0 Å². The van der Waals surface area contributed by atoms with Gasteiger partial charge in [0.25, 0.3) is 0 Å². The van der Waals surface area contributed by atoms with E-state index >= 15 is 0 Å². The predicted octanol–water partition coefficient (Wildman–Crippen LogP) is 4.41. The number of halogens is 14. The lowest BCUT2D eigenvalue weighted by Crippen LogP contribution is -2.67. The van der Waals surface area contributed by atoms with Gasteiger partial charge < -0.3 is 0 Å². The van der Waals surface area contributed by atoms with Gasteiger partial charge in [-0.05, 0) is 0 Å². The molecule has 0 N–H and O–H groups in total. The van der Waals surface area contributed by atoms with E-state index in [-0.39, 0.29) is 0 Å². The Kier molecular flexibility index (Phi) is 4.67. The Balaban J connectivity index is 5.71. The summed E-state index contributed by atoms with van der Waals surface area (Å²) in [6.45, 7) is 0. The summed E-state index contributed by atoms with van der Waals surface area (Å²) in [5, 5.41) is 0. The van der Waals surface area contributed by atoms with Gasteiger partial charge in [0.1, 0.15) is 0 Å². The van der Waals surface area contributed by atoms with Gasteiger partial charge in [-0.1, -0.05) is 0 Å². The smallest absolute Gasteiger partial charge is 0.296 e. The minimum atomic E-state index is -9.19. The van der Waals surface area contributed by atoms with E-state index in [0.29, 0.717) is 0 Å². The van der Waals surface area contributed by atoms with E-state index in [1.165, 1.54) is 4.43 Å². The zero-order valence-electron chi connectivity index (χ0n) is 8.70. The number of hydrogen-bond acceptors (Lipinski definition) is 1. The van der Waals surface area contributed by atoms with E-state index in [9.17, 15) is 60.9 Å². The maximum atomic E-state index is 12.5. The van der Waals surface area contributed by atoms with Crippen molar-refractivity contribution in [1.82, 2.24) is 0 Å². The molecule has 0 aliphatic rings. The number of hydrogen-bond donors (Lipinski definition) is 0. The quantitative estimate of drug-likeness (QED) is 0.405. The van der Waals surface area contributed by atoms with E-state index in [0.717, 1.165) is 0 Å². The molecule has 0 bridgehead atoms. The molecule has 0 fully saturated rings. The monoisotopic (exact) mass is 370 g/mol. The van der Waals surface area contributed by atoms with E-state index in [1.807, 2.05) is 0 Å². The van der Waals surface area contributed by atoms with Crippen LogP contribution in [0.2, 0.25) is 0 Å². The molecule has 0 radical (unpaired) electrons. The van der Waals surface area contributed by atoms with Crippen molar-refractivity contribution in [2.24, 2.45) is 0 Å². The molecule has 128 valence electrons. The highest BCUT2D eigenvalue weighted by atomic mass is 28.4. The van der Waals surface area contributed by atoms with Crippen LogP contribution in [0.1, 0.15) is 0 Å². The molecule has 1 nitrogen and oxygen atoms in total. The predicted molar refractivity (Wildman–Crippen MR) is 36.0 cm³/mol. The molecule has 0 saturated heterocycles. The summed E-state index contributed by atoms with van der Waals surface area (Å²) in [5.41, 5.74) is -7.60. The van der Waals surface area contributed by atoms with Crippen molar-refractivity contribution in [1.29, 1.82) is 0 Å². The van der Waals surface area contributed by atoms with E-state index in [1.54, 1.807) is 0 Å². The zero-order chi connectivity index (χ0) is 17.7. The van der Waals surface area contributed by atoms with Crippen LogP contribution in [0.4, 0.5) is 60.9 Å². The van der Waals surface area contributed by atoms with Crippen LogP contribution in [0.3, 0.4) is 0 Å². The molecule has 0 atom stereocenters. The van der Waals surface area contributed by atoms with Crippen LogP contribution >= 0.6 is 0 Å². The van der Waals surface area contributed by atoms with Gasteiger partial charge in [-0.3, -0.25) is 4.43 Å². The Morgan fingerprint density at radius 1 is 0.571 bits per heavy atom. The molecule has 0 aromatic carbocycles. The summed E-state index contributed by atoms with van der Waals surface area (Å²) < 4.78 is 168. The fraction of sp³-hybridized carbons (Fsp3) is 1.00. The number of alkyl halides is 12. The molecule has 0 saturated carbocycles. The highest BCUT2D eigenvalue weighted by Crippen LogP contribution is 2.53. The van der Waals surface area contributed by atoms with E-state index in [2.05, 4.69) is 0 Å². The van der Waals surface area contributed by atoms with Gasteiger partial charge in [-0.2, -0.15) is 52.7 Å². The minimum absolute atomic E-state index is 1.35. The van der Waals surface area contributed by atoms with Crippen molar-refractivity contribution in [3.8, 4) is 0 Å². The lowest BCUT2D eigenvalue weighted by molar-refractivity contribution is -0.382. The molecule has 0 aromatic rings. The summed E-state index contributed by atoms with van der Waals surface area (Å²) in [5.74, 6) is -7.59. The lowest BCUT2D eigenvalue weighted by Gasteiger charge is -2.32. The maximum Gasteiger partial charge on any atom is 0.663 e. The van der Waals surface area contributed by atoms with Gasteiger partial charge in [0.05, 0.1) is 0 Å². The Bertz CT molecular complexity index is 378. The SMILES string of the molecule is FC(F)(F)C(F)(F)O[Si](F)(F)C(F)(F)C(F)(F)C(F)(F)F. The normalized spacial score (nSPS) is 16.3. The maximum absolute atomic E-state index is 12.5. The third-order valence-corrected chi connectivity index (χ3v) is 3.26. The van der Waals surface area contributed by atoms with Crippen molar-refractivity contribution in [3.05, 3.63) is 0 Å². The molecule has 0 rings (SSSR count). The molecule has 0 aliphatic heterocycles. The average Bonchev–Trinajstić information content (AvgIpc) is 2.11. The van der Waals surface area contributed by atoms with Crippen LogP contribution in [-0.2, 0) is 4.43 Å². The van der Waals surface area contributed by atoms with Crippen molar-refractivity contribution >= 4 is 8.99 Å². The largest absolute Gasteiger partial charge is 0.663 e. The Morgan fingerprint density at radius 2 is 0.905 bits per heavy atom. The number of rotatable bonds is 4. The third kappa shape index (κ3) is 3.35. The van der Waals surface area contributed by atoms with Gasteiger partial charge in [0.15, 0.2) is 0 Å². The minimum Gasteiger partial charge on any atom is -0.296 e. The molecule has 0 aromatic heterocycles. The molecule has 0 aliphatic carbocycles. The highest BCUT2D eigenvalue weighted by molar-refractivity contribution is 6.62. The first-order valence-electron chi connectivity index (χ1n) is 4.05. The summed E-state index contributed by atoms with van der Waals surface area (Å²) >= 11 is 0. The molecular weight excluding hydrogens is 370 g/mol. The van der Waals surface area contributed by atoms with Crippen LogP contribution in [-0.4, -0.2) is 38.9 Å². The van der Waals surface area contributed by atoms with Gasteiger partial charge in [0, 0.05) is 0 Å².